The third-order valence-electron chi connectivity index (χ3n) is 1.40. The van der Waals surface area contributed by atoms with Crippen LogP contribution in [-0.4, -0.2) is 10.5 Å². The molecule has 0 aromatic carbocycles. The van der Waals surface area contributed by atoms with Gasteiger partial charge in [0.05, 0.1) is 6.42 Å². The summed E-state index contributed by atoms with van der Waals surface area (Å²) < 4.78 is 0. The van der Waals surface area contributed by atoms with Crippen molar-refractivity contribution in [3.8, 4) is 0 Å². The lowest BCUT2D eigenvalue weighted by molar-refractivity contribution is -0.00901. The summed E-state index contributed by atoms with van der Waals surface area (Å²) in [6.07, 6.45) is 6.45. The van der Waals surface area contributed by atoms with E-state index in [4.69, 9.17) is 5.53 Å². The lowest BCUT2D eigenvalue weighted by Crippen LogP contribution is -2.05. The Morgan fingerprint density at radius 2 is 2.38 bits per heavy atom. The highest BCUT2D eigenvalue weighted by atomic mass is 14.9. The van der Waals surface area contributed by atoms with Crippen molar-refractivity contribution in [1.82, 2.24) is 0 Å². The highest BCUT2D eigenvalue weighted by molar-refractivity contribution is 5.87. The molecule has 8 heavy (non-hydrogen) atoms. The van der Waals surface area contributed by atoms with Crippen LogP contribution >= 0.6 is 0 Å². The second-order valence-corrected chi connectivity index (χ2v) is 2.04. The molecule has 0 bridgehead atoms. The summed E-state index contributed by atoms with van der Waals surface area (Å²) in [4.78, 5) is 3.11. The van der Waals surface area contributed by atoms with Gasteiger partial charge in [-0.25, -0.2) is 0 Å². The normalized spacial score (nSPS) is 20.2. The van der Waals surface area contributed by atoms with Gasteiger partial charge in [0.1, 0.15) is 0 Å². The Balaban J connectivity index is 2.45. The van der Waals surface area contributed by atoms with Crippen molar-refractivity contribution in [2.45, 2.75) is 25.7 Å². The molecule has 43 valence electrons. The van der Waals surface area contributed by atoms with Gasteiger partial charge in [0.25, 0.3) is 5.71 Å². The van der Waals surface area contributed by atoms with Crippen LogP contribution in [-0.2, 0) is 0 Å². The van der Waals surface area contributed by atoms with Crippen LogP contribution in [0.4, 0.5) is 0 Å². The van der Waals surface area contributed by atoms with Crippen LogP contribution in [0.25, 0.3) is 5.53 Å². The molecule has 1 fully saturated rings. The molecule has 0 aromatic heterocycles. The summed E-state index contributed by atoms with van der Waals surface area (Å²) in [5.74, 6) is 0. The Bertz CT molecular complexity index is 114. The van der Waals surface area contributed by atoms with Crippen LogP contribution in [0.15, 0.2) is 0 Å². The van der Waals surface area contributed by atoms with Crippen molar-refractivity contribution in [1.29, 1.82) is 0 Å². The van der Waals surface area contributed by atoms with Crippen LogP contribution in [0.5, 0.6) is 0 Å². The molecular formula is C6H9N2. The van der Waals surface area contributed by atoms with Crippen LogP contribution in [0.3, 0.4) is 0 Å². The lowest BCUT2D eigenvalue weighted by atomic mass is 9.99. The van der Waals surface area contributed by atoms with Gasteiger partial charge in [0, 0.05) is 6.42 Å². The van der Waals surface area contributed by atoms with Gasteiger partial charge in [-0.2, -0.15) is 4.79 Å². The van der Waals surface area contributed by atoms with E-state index in [1.165, 1.54) is 12.8 Å². The molecule has 0 saturated heterocycles. The van der Waals surface area contributed by atoms with E-state index >= 15 is 0 Å². The van der Waals surface area contributed by atoms with E-state index in [1.54, 1.807) is 0 Å². The molecule has 0 aliphatic heterocycles. The van der Waals surface area contributed by atoms with E-state index in [9.17, 15) is 0 Å². The van der Waals surface area contributed by atoms with Crippen molar-refractivity contribution < 1.29 is 4.79 Å². The predicted molar refractivity (Wildman–Crippen MR) is 31.4 cm³/mol. The van der Waals surface area contributed by atoms with Gasteiger partial charge in [-0.15, -0.1) is 0 Å². The zero-order chi connectivity index (χ0) is 5.82. The summed E-state index contributed by atoms with van der Waals surface area (Å²) in [5, 5.41) is 0. The van der Waals surface area contributed by atoms with Crippen molar-refractivity contribution in [3.63, 3.8) is 0 Å². The lowest BCUT2D eigenvalue weighted by Gasteiger charge is -2.01. The molecule has 0 aromatic rings. The van der Waals surface area contributed by atoms with E-state index < -0.39 is 0 Å². The Morgan fingerprint density at radius 3 is 2.75 bits per heavy atom. The molecule has 0 unspecified atom stereocenters. The minimum Gasteiger partial charge on any atom is -0.362 e. The van der Waals surface area contributed by atoms with Crippen LogP contribution in [0.1, 0.15) is 25.7 Å². The predicted octanol–water partition coefficient (Wildman–Crippen LogP) is 1.44. The maximum atomic E-state index is 8.25. The van der Waals surface area contributed by atoms with E-state index in [1.807, 2.05) is 6.42 Å². The molecule has 2 heteroatoms. The third kappa shape index (κ3) is 1.17. The number of hydrogen-bond donors (Lipinski definition) is 0. The second kappa shape index (κ2) is 2.63. The smallest absolute Gasteiger partial charge is 0.272 e. The first-order valence-corrected chi connectivity index (χ1v) is 2.97. The minimum absolute atomic E-state index is 0.858. The molecule has 0 amide bonds. The quantitative estimate of drug-likeness (QED) is 0.333. The van der Waals surface area contributed by atoms with Crippen molar-refractivity contribution >= 4 is 5.71 Å². The fourth-order valence-corrected chi connectivity index (χ4v) is 0.912. The molecule has 1 aliphatic carbocycles. The van der Waals surface area contributed by atoms with Gasteiger partial charge in [0.15, 0.2) is 0 Å². The second-order valence-electron chi connectivity index (χ2n) is 2.04. The molecule has 2 nitrogen and oxygen atoms in total. The fourth-order valence-electron chi connectivity index (χ4n) is 0.912. The molecule has 0 heterocycles. The Kier molecular flexibility index (Phi) is 1.81. The number of hydrogen-bond acceptors (Lipinski definition) is 0. The van der Waals surface area contributed by atoms with E-state index in [-0.39, 0.29) is 0 Å². The van der Waals surface area contributed by atoms with Crippen molar-refractivity contribution in [2.75, 3.05) is 0 Å². The summed E-state index contributed by atoms with van der Waals surface area (Å²) in [5.41, 5.74) is 9.11. The average molecular weight is 109 g/mol. The molecule has 1 radical (unpaired) electrons. The Morgan fingerprint density at radius 1 is 1.50 bits per heavy atom. The molecule has 0 atom stereocenters. The third-order valence-corrected chi connectivity index (χ3v) is 1.40. The highest BCUT2D eigenvalue weighted by Crippen LogP contribution is 2.11. The van der Waals surface area contributed by atoms with E-state index in [2.05, 4.69) is 4.79 Å². The summed E-state index contributed by atoms with van der Waals surface area (Å²) >= 11 is 0. The molecular weight excluding hydrogens is 100 g/mol. The summed E-state index contributed by atoms with van der Waals surface area (Å²) in [6.45, 7) is 0. The van der Waals surface area contributed by atoms with Gasteiger partial charge in [-0.1, -0.05) is 6.42 Å². The SMILES string of the molecule is [N-]=[N+]=C1[CH]CCCC1. The zero-order valence-corrected chi connectivity index (χ0v) is 4.80. The van der Waals surface area contributed by atoms with E-state index in [0.29, 0.717) is 0 Å². The maximum Gasteiger partial charge on any atom is 0.272 e. The Labute approximate surface area is 49.1 Å². The first-order chi connectivity index (χ1) is 3.93. The molecule has 0 spiro atoms. The Hall–Kier alpha value is -0.620. The minimum atomic E-state index is 0.858. The van der Waals surface area contributed by atoms with Crippen molar-refractivity contribution in [3.05, 3.63) is 12.0 Å². The van der Waals surface area contributed by atoms with Gasteiger partial charge in [0.2, 0.25) is 0 Å². The van der Waals surface area contributed by atoms with Gasteiger partial charge < -0.3 is 5.53 Å². The molecule has 1 rings (SSSR count). The summed E-state index contributed by atoms with van der Waals surface area (Å²) in [7, 11) is 0. The molecule has 1 aliphatic rings. The van der Waals surface area contributed by atoms with Crippen LogP contribution in [0.2, 0.25) is 0 Å². The number of rotatable bonds is 0. The average Bonchev–Trinajstić information content (AvgIpc) is 1.90. The molecule has 1 saturated carbocycles. The first kappa shape index (κ1) is 5.52. The monoisotopic (exact) mass is 109 g/mol. The van der Waals surface area contributed by atoms with Crippen molar-refractivity contribution in [2.24, 2.45) is 0 Å². The standard InChI is InChI=1S/C6H9N2/c7-8-6-4-2-1-3-5-6/h4H,1-3,5H2. The highest BCUT2D eigenvalue weighted by Gasteiger charge is 2.12. The number of nitrogens with zero attached hydrogens (tertiary/aromatic N) is 2. The van der Waals surface area contributed by atoms with Crippen LogP contribution in [0, 0.1) is 6.42 Å². The largest absolute Gasteiger partial charge is 0.362 e. The maximum absolute atomic E-state index is 8.25. The van der Waals surface area contributed by atoms with E-state index in [0.717, 1.165) is 18.6 Å². The summed E-state index contributed by atoms with van der Waals surface area (Å²) in [6, 6.07) is 0. The zero-order valence-electron chi connectivity index (χ0n) is 4.80. The molecule has 0 N–H and O–H groups in total. The van der Waals surface area contributed by atoms with Gasteiger partial charge in [-0.05, 0) is 12.8 Å². The van der Waals surface area contributed by atoms with Gasteiger partial charge in [-0.3, -0.25) is 0 Å². The van der Waals surface area contributed by atoms with Crippen LogP contribution < -0.4 is 0 Å². The first-order valence-electron chi connectivity index (χ1n) is 2.97. The fraction of sp³-hybridized carbons (Fsp3) is 0.667. The topological polar surface area (TPSA) is 36.4 Å². The van der Waals surface area contributed by atoms with Gasteiger partial charge >= 0.3 is 0 Å².